The zero-order valence-electron chi connectivity index (χ0n) is 10.8. The molecule has 19 heavy (non-hydrogen) atoms. The second kappa shape index (κ2) is 4.31. The highest BCUT2D eigenvalue weighted by Gasteiger charge is 2.11. The summed E-state index contributed by atoms with van der Waals surface area (Å²) in [6, 6.07) is 9.45. The molecule has 2 heterocycles. The number of aryl methyl sites for hydroxylation is 1. The molecule has 3 aromatic rings. The van der Waals surface area contributed by atoms with Gasteiger partial charge in [-0.05, 0) is 36.8 Å². The van der Waals surface area contributed by atoms with Crippen LogP contribution in [0.4, 0.5) is 0 Å². The number of ether oxygens (including phenoxy) is 1. The number of aromatic hydroxyl groups is 1. The van der Waals surface area contributed by atoms with E-state index in [1.807, 2.05) is 43.5 Å². The van der Waals surface area contributed by atoms with Gasteiger partial charge in [-0.25, -0.2) is 4.98 Å². The van der Waals surface area contributed by atoms with Gasteiger partial charge >= 0.3 is 0 Å². The van der Waals surface area contributed by atoms with Gasteiger partial charge in [0.1, 0.15) is 11.6 Å². The van der Waals surface area contributed by atoms with Gasteiger partial charge in [0.25, 0.3) is 0 Å². The van der Waals surface area contributed by atoms with E-state index < -0.39 is 0 Å². The number of aromatic nitrogens is 2. The van der Waals surface area contributed by atoms with Gasteiger partial charge in [0.05, 0.1) is 7.11 Å². The van der Waals surface area contributed by atoms with Gasteiger partial charge in [-0.15, -0.1) is 0 Å². The topological polar surface area (TPSA) is 47.3 Å². The minimum absolute atomic E-state index is 0.172. The smallest absolute Gasteiger partial charge is 0.205 e. The lowest BCUT2D eigenvalue weighted by molar-refractivity contribution is 0.414. The SMILES string of the molecule is COc1ccc2cn(-c3ccc(C)cn3)c(O)c2c1. The summed E-state index contributed by atoms with van der Waals surface area (Å²) in [5.41, 5.74) is 1.08. The highest BCUT2D eigenvalue weighted by atomic mass is 16.5. The lowest BCUT2D eigenvalue weighted by atomic mass is 10.2. The molecule has 0 bridgehead atoms. The van der Waals surface area contributed by atoms with E-state index in [1.54, 1.807) is 17.9 Å². The van der Waals surface area contributed by atoms with Crippen LogP contribution in [0.3, 0.4) is 0 Å². The standard InChI is InChI=1S/C15H14N2O2/c1-10-3-6-14(16-8-10)17-9-11-4-5-12(19-2)7-13(11)15(17)18/h3-9,18H,1-2H3. The predicted octanol–water partition coefficient (Wildman–Crippen LogP) is 3.05. The van der Waals surface area contributed by atoms with Crippen molar-refractivity contribution in [3.8, 4) is 17.4 Å². The summed E-state index contributed by atoms with van der Waals surface area (Å²) in [5.74, 6) is 1.58. The van der Waals surface area contributed by atoms with E-state index in [1.165, 1.54) is 0 Å². The summed E-state index contributed by atoms with van der Waals surface area (Å²) in [5, 5.41) is 12.0. The Morgan fingerprint density at radius 3 is 2.74 bits per heavy atom. The Morgan fingerprint density at radius 2 is 2.05 bits per heavy atom. The zero-order chi connectivity index (χ0) is 13.4. The van der Waals surface area contributed by atoms with E-state index >= 15 is 0 Å². The number of hydrogen-bond donors (Lipinski definition) is 1. The summed E-state index contributed by atoms with van der Waals surface area (Å²) in [6.45, 7) is 1.98. The molecule has 4 nitrogen and oxygen atoms in total. The summed E-state index contributed by atoms with van der Waals surface area (Å²) < 4.78 is 6.84. The van der Waals surface area contributed by atoms with E-state index in [2.05, 4.69) is 4.98 Å². The van der Waals surface area contributed by atoms with Gasteiger partial charge in [-0.1, -0.05) is 6.07 Å². The Balaban J connectivity index is 2.19. The summed E-state index contributed by atoms with van der Waals surface area (Å²) in [6.07, 6.45) is 3.64. The van der Waals surface area contributed by atoms with Gasteiger partial charge in [-0.2, -0.15) is 0 Å². The lowest BCUT2D eigenvalue weighted by Gasteiger charge is -2.03. The largest absolute Gasteiger partial charge is 0.497 e. The molecule has 0 aliphatic carbocycles. The van der Waals surface area contributed by atoms with Crippen molar-refractivity contribution in [2.24, 2.45) is 0 Å². The Kier molecular flexibility index (Phi) is 2.63. The first kappa shape index (κ1) is 11.6. The van der Waals surface area contributed by atoms with Crippen molar-refractivity contribution in [3.63, 3.8) is 0 Å². The molecular formula is C15H14N2O2. The number of nitrogens with zero attached hydrogens (tertiary/aromatic N) is 2. The third-order valence-electron chi connectivity index (χ3n) is 3.14. The van der Waals surface area contributed by atoms with Gasteiger partial charge in [0, 0.05) is 23.2 Å². The Labute approximate surface area is 110 Å². The molecule has 3 rings (SSSR count). The molecule has 0 spiro atoms. The quantitative estimate of drug-likeness (QED) is 0.764. The van der Waals surface area contributed by atoms with Crippen LogP contribution in [0.5, 0.6) is 11.6 Å². The van der Waals surface area contributed by atoms with Crippen molar-refractivity contribution >= 4 is 10.8 Å². The zero-order valence-corrected chi connectivity index (χ0v) is 10.8. The van der Waals surface area contributed by atoms with Crippen molar-refractivity contribution in [1.82, 2.24) is 9.55 Å². The van der Waals surface area contributed by atoms with Crippen molar-refractivity contribution in [1.29, 1.82) is 0 Å². The molecule has 4 heteroatoms. The van der Waals surface area contributed by atoms with Crippen LogP contribution in [-0.2, 0) is 0 Å². The number of hydrogen-bond acceptors (Lipinski definition) is 3. The molecule has 0 amide bonds. The molecule has 0 unspecified atom stereocenters. The molecule has 0 saturated heterocycles. The van der Waals surface area contributed by atoms with Crippen LogP contribution in [-0.4, -0.2) is 21.8 Å². The van der Waals surface area contributed by atoms with Crippen molar-refractivity contribution < 1.29 is 9.84 Å². The second-order valence-corrected chi connectivity index (χ2v) is 4.47. The van der Waals surface area contributed by atoms with E-state index in [4.69, 9.17) is 4.74 Å². The minimum Gasteiger partial charge on any atom is -0.497 e. The van der Waals surface area contributed by atoms with Crippen LogP contribution in [0.15, 0.2) is 42.7 Å². The molecule has 0 aliphatic heterocycles. The van der Waals surface area contributed by atoms with Gasteiger partial charge in [0.2, 0.25) is 5.88 Å². The van der Waals surface area contributed by atoms with E-state index in [0.717, 1.165) is 22.1 Å². The number of fused-ring (bicyclic) bond motifs is 1. The summed E-state index contributed by atoms with van der Waals surface area (Å²) in [4.78, 5) is 4.32. The Hall–Kier alpha value is -2.49. The van der Waals surface area contributed by atoms with Gasteiger partial charge < -0.3 is 9.84 Å². The average molecular weight is 254 g/mol. The molecule has 96 valence electrons. The van der Waals surface area contributed by atoms with E-state index in [9.17, 15) is 5.11 Å². The van der Waals surface area contributed by atoms with Crippen LogP contribution >= 0.6 is 0 Å². The van der Waals surface area contributed by atoms with Crippen LogP contribution in [0.25, 0.3) is 16.6 Å². The fourth-order valence-electron chi connectivity index (χ4n) is 2.08. The number of methoxy groups -OCH3 is 1. The predicted molar refractivity (Wildman–Crippen MR) is 74.0 cm³/mol. The molecular weight excluding hydrogens is 240 g/mol. The third-order valence-corrected chi connectivity index (χ3v) is 3.14. The first-order valence-corrected chi connectivity index (χ1v) is 6.00. The van der Waals surface area contributed by atoms with E-state index in [-0.39, 0.29) is 5.88 Å². The van der Waals surface area contributed by atoms with Crippen LogP contribution in [0.1, 0.15) is 5.56 Å². The summed E-state index contributed by atoms with van der Waals surface area (Å²) in [7, 11) is 1.61. The highest BCUT2D eigenvalue weighted by Crippen LogP contribution is 2.32. The van der Waals surface area contributed by atoms with Gasteiger partial charge in [0.15, 0.2) is 0 Å². The summed E-state index contributed by atoms with van der Waals surface area (Å²) >= 11 is 0. The lowest BCUT2D eigenvalue weighted by Crippen LogP contribution is -1.94. The minimum atomic E-state index is 0.172. The number of benzene rings is 1. The Bertz CT molecular complexity index is 730. The number of pyridine rings is 1. The molecule has 0 aliphatic rings. The molecule has 0 saturated carbocycles. The fraction of sp³-hybridized carbons (Fsp3) is 0.133. The molecule has 2 aromatic heterocycles. The van der Waals surface area contributed by atoms with Crippen molar-refractivity contribution in [3.05, 3.63) is 48.3 Å². The van der Waals surface area contributed by atoms with Crippen molar-refractivity contribution in [2.75, 3.05) is 7.11 Å². The maximum atomic E-state index is 10.3. The normalized spacial score (nSPS) is 10.8. The molecule has 0 radical (unpaired) electrons. The first-order chi connectivity index (χ1) is 9.19. The van der Waals surface area contributed by atoms with Crippen LogP contribution < -0.4 is 4.74 Å². The van der Waals surface area contributed by atoms with Crippen molar-refractivity contribution in [2.45, 2.75) is 6.92 Å². The maximum absolute atomic E-state index is 10.3. The maximum Gasteiger partial charge on any atom is 0.205 e. The second-order valence-electron chi connectivity index (χ2n) is 4.47. The molecule has 1 N–H and O–H groups in total. The third kappa shape index (κ3) is 1.91. The first-order valence-electron chi connectivity index (χ1n) is 6.00. The number of rotatable bonds is 2. The molecule has 0 atom stereocenters. The monoisotopic (exact) mass is 254 g/mol. The fourth-order valence-corrected chi connectivity index (χ4v) is 2.08. The highest BCUT2D eigenvalue weighted by molar-refractivity contribution is 5.89. The molecule has 0 fully saturated rings. The average Bonchev–Trinajstić information content (AvgIpc) is 2.76. The van der Waals surface area contributed by atoms with Crippen LogP contribution in [0, 0.1) is 6.92 Å². The van der Waals surface area contributed by atoms with Crippen LogP contribution in [0.2, 0.25) is 0 Å². The Morgan fingerprint density at radius 1 is 1.21 bits per heavy atom. The van der Waals surface area contributed by atoms with E-state index in [0.29, 0.717) is 5.82 Å². The molecule has 1 aromatic carbocycles. The van der Waals surface area contributed by atoms with Gasteiger partial charge in [-0.3, -0.25) is 4.57 Å².